The number of hydrogen-bond donors (Lipinski definition) is 2. The normalized spacial score (nSPS) is 16.7. The van der Waals surface area contributed by atoms with Gasteiger partial charge in [0.25, 0.3) is 5.78 Å². The molecule has 8 nitrogen and oxygen atoms in total. The predicted molar refractivity (Wildman–Crippen MR) is 154 cm³/mol. The van der Waals surface area contributed by atoms with E-state index in [1.165, 1.54) is 23.3 Å². The Kier molecular flexibility index (Phi) is 7.09. The van der Waals surface area contributed by atoms with Crippen LogP contribution in [0.5, 0.6) is 17.2 Å². The molecule has 0 bridgehead atoms. The van der Waals surface area contributed by atoms with E-state index in [0.717, 1.165) is 15.8 Å². The van der Waals surface area contributed by atoms with Crippen molar-refractivity contribution >= 4 is 60.1 Å². The first kappa shape index (κ1) is 26.7. The highest BCUT2D eigenvalue weighted by Gasteiger charge is 2.48. The Morgan fingerprint density at radius 1 is 1.13 bits per heavy atom. The Bertz CT molecular complexity index is 1680. The molecule has 0 radical (unpaired) electrons. The lowest BCUT2D eigenvalue weighted by molar-refractivity contribution is -0.132. The van der Waals surface area contributed by atoms with E-state index >= 15 is 0 Å². The van der Waals surface area contributed by atoms with Gasteiger partial charge in [0.05, 0.1) is 40.0 Å². The number of Topliss-reactive ketones (excluding diaryl/α,β-unsaturated/α-hetero) is 1. The van der Waals surface area contributed by atoms with E-state index in [0.29, 0.717) is 33.5 Å². The van der Waals surface area contributed by atoms with Crippen molar-refractivity contribution in [2.45, 2.75) is 26.8 Å². The van der Waals surface area contributed by atoms with Gasteiger partial charge >= 0.3 is 5.91 Å². The molecule has 1 fully saturated rings. The SMILES string of the molecule is CCOc1ccc2nc(N3C(=O)C(=O)C(=C(O)c4cc(C)ccc4C)C3c3cc(Br)c(O)c(OC)c3)sc2c1. The summed E-state index contributed by atoms with van der Waals surface area (Å²) >= 11 is 4.58. The molecule has 1 unspecified atom stereocenters. The van der Waals surface area contributed by atoms with Crippen LogP contribution in [0.4, 0.5) is 5.13 Å². The lowest BCUT2D eigenvalue weighted by Crippen LogP contribution is -2.29. The molecule has 200 valence electrons. The quantitative estimate of drug-likeness (QED) is 0.148. The Balaban J connectivity index is 1.77. The second kappa shape index (κ2) is 10.3. The molecule has 3 aromatic carbocycles. The van der Waals surface area contributed by atoms with Gasteiger partial charge in [-0.05, 0) is 84.2 Å². The fourth-order valence-corrected chi connectivity index (χ4v) is 6.12. The van der Waals surface area contributed by atoms with Gasteiger partial charge in [-0.25, -0.2) is 4.98 Å². The summed E-state index contributed by atoms with van der Waals surface area (Å²) in [5, 5.41) is 22.3. The highest BCUT2D eigenvalue weighted by atomic mass is 79.9. The lowest BCUT2D eigenvalue weighted by atomic mass is 9.93. The van der Waals surface area contributed by atoms with Crippen molar-refractivity contribution in [3.63, 3.8) is 0 Å². The number of phenolic OH excluding ortho intramolecular Hbond substituents is 1. The van der Waals surface area contributed by atoms with Crippen LogP contribution in [0, 0.1) is 13.8 Å². The molecule has 4 aromatic rings. The number of ketones is 1. The molecule has 1 aliphatic rings. The van der Waals surface area contributed by atoms with Gasteiger partial charge in [-0.15, -0.1) is 0 Å². The zero-order valence-corrected chi connectivity index (χ0v) is 24.0. The summed E-state index contributed by atoms with van der Waals surface area (Å²) < 4.78 is 12.0. The van der Waals surface area contributed by atoms with E-state index in [4.69, 9.17) is 9.47 Å². The van der Waals surface area contributed by atoms with E-state index in [2.05, 4.69) is 20.9 Å². The van der Waals surface area contributed by atoms with Crippen molar-refractivity contribution < 1.29 is 29.3 Å². The number of hydrogen-bond acceptors (Lipinski definition) is 8. The molecule has 1 atom stereocenters. The summed E-state index contributed by atoms with van der Waals surface area (Å²) in [5.74, 6) is -1.26. The van der Waals surface area contributed by atoms with Crippen LogP contribution in [0.1, 0.15) is 35.2 Å². The number of nitrogens with zero attached hydrogens (tertiary/aromatic N) is 2. The third kappa shape index (κ3) is 4.63. The third-order valence-corrected chi connectivity index (χ3v) is 8.17. The number of aliphatic hydroxyl groups excluding tert-OH is 1. The number of ether oxygens (including phenoxy) is 2. The maximum absolute atomic E-state index is 13.6. The van der Waals surface area contributed by atoms with Crippen LogP contribution in [0.3, 0.4) is 0 Å². The number of carbonyl (C=O) groups is 2. The van der Waals surface area contributed by atoms with Crippen LogP contribution in [-0.2, 0) is 9.59 Å². The monoisotopic (exact) mass is 608 g/mol. The van der Waals surface area contributed by atoms with Gasteiger partial charge in [-0.1, -0.05) is 29.0 Å². The molecule has 0 spiro atoms. The first-order valence-electron chi connectivity index (χ1n) is 12.1. The van der Waals surface area contributed by atoms with Crippen molar-refractivity contribution in [2.75, 3.05) is 18.6 Å². The van der Waals surface area contributed by atoms with Crippen LogP contribution in [-0.4, -0.2) is 40.6 Å². The number of fused-ring (bicyclic) bond motifs is 1. The van der Waals surface area contributed by atoms with Crippen molar-refractivity contribution in [1.82, 2.24) is 4.98 Å². The number of rotatable bonds is 6. The summed E-state index contributed by atoms with van der Waals surface area (Å²) in [7, 11) is 1.40. The predicted octanol–water partition coefficient (Wildman–Crippen LogP) is 6.41. The standard InChI is InChI=1S/C29H25BrN2O6S/c1-5-38-17-8-9-20-22(13-17)39-29(31-20)32-24(16-11-19(30)26(34)21(12-16)37-4)23(27(35)28(32)36)25(33)18-10-14(2)6-7-15(18)3/h6-13,24,33-34H,5H2,1-4H3. The number of methoxy groups -OCH3 is 1. The number of aryl methyl sites for hydroxylation is 2. The van der Waals surface area contributed by atoms with E-state index in [1.807, 2.05) is 39.0 Å². The maximum Gasteiger partial charge on any atom is 0.301 e. The van der Waals surface area contributed by atoms with E-state index < -0.39 is 17.7 Å². The Hall–Kier alpha value is -3.89. The first-order valence-corrected chi connectivity index (χ1v) is 13.7. The lowest BCUT2D eigenvalue weighted by Gasteiger charge is -2.24. The molecule has 0 aliphatic carbocycles. The number of aromatic nitrogens is 1. The minimum atomic E-state index is -1.04. The number of aliphatic hydroxyl groups is 1. The first-order chi connectivity index (χ1) is 18.6. The average molecular weight is 609 g/mol. The van der Waals surface area contributed by atoms with Gasteiger partial charge in [0, 0.05) is 5.56 Å². The molecule has 1 aliphatic heterocycles. The summed E-state index contributed by atoms with van der Waals surface area (Å²) in [5.41, 5.74) is 3.08. The van der Waals surface area contributed by atoms with Crippen LogP contribution in [0.15, 0.2) is 58.6 Å². The van der Waals surface area contributed by atoms with Gasteiger partial charge in [0.1, 0.15) is 11.5 Å². The fraction of sp³-hybridized carbons (Fsp3) is 0.207. The molecule has 2 heterocycles. The number of anilines is 1. The third-order valence-electron chi connectivity index (χ3n) is 6.54. The minimum absolute atomic E-state index is 0.0809. The number of benzene rings is 3. The van der Waals surface area contributed by atoms with Gasteiger partial charge in [-0.3, -0.25) is 14.5 Å². The Morgan fingerprint density at radius 2 is 1.90 bits per heavy atom. The molecule has 2 N–H and O–H groups in total. The van der Waals surface area contributed by atoms with Crippen LogP contribution >= 0.6 is 27.3 Å². The molecule has 1 saturated heterocycles. The van der Waals surface area contributed by atoms with E-state index in [9.17, 15) is 19.8 Å². The Labute approximate surface area is 237 Å². The maximum atomic E-state index is 13.6. The van der Waals surface area contributed by atoms with Crippen molar-refractivity contribution in [2.24, 2.45) is 0 Å². The smallest absolute Gasteiger partial charge is 0.301 e. The van der Waals surface area contributed by atoms with Gasteiger partial charge in [-0.2, -0.15) is 0 Å². The second-order valence-corrected chi connectivity index (χ2v) is 11.0. The van der Waals surface area contributed by atoms with Crippen LogP contribution in [0.2, 0.25) is 0 Å². The number of phenols is 1. The zero-order chi connectivity index (χ0) is 28.0. The molecule has 0 saturated carbocycles. The van der Waals surface area contributed by atoms with Crippen molar-refractivity contribution in [1.29, 1.82) is 0 Å². The minimum Gasteiger partial charge on any atom is -0.507 e. The highest BCUT2D eigenvalue weighted by molar-refractivity contribution is 9.10. The summed E-state index contributed by atoms with van der Waals surface area (Å²) in [6.07, 6.45) is 0. The number of halogens is 1. The number of thiazole rings is 1. The molecule has 5 rings (SSSR count). The molecular formula is C29H25BrN2O6S. The van der Waals surface area contributed by atoms with Gasteiger partial charge in [0.15, 0.2) is 16.6 Å². The van der Waals surface area contributed by atoms with Crippen molar-refractivity contribution in [3.8, 4) is 17.2 Å². The molecule has 1 amide bonds. The molecule has 10 heteroatoms. The van der Waals surface area contributed by atoms with Crippen LogP contribution < -0.4 is 14.4 Å². The number of amides is 1. The number of aromatic hydroxyl groups is 1. The van der Waals surface area contributed by atoms with Crippen molar-refractivity contribution in [3.05, 3.63) is 80.8 Å². The van der Waals surface area contributed by atoms with Gasteiger partial charge < -0.3 is 19.7 Å². The Morgan fingerprint density at radius 3 is 2.62 bits per heavy atom. The zero-order valence-electron chi connectivity index (χ0n) is 21.6. The van der Waals surface area contributed by atoms with E-state index in [1.54, 1.807) is 30.3 Å². The van der Waals surface area contributed by atoms with E-state index in [-0.39, 0.29) is 28.0 Å². The largest absolute Gasteiger partial charge is 0.507 e. The molecular weight excluding hydrogens is 584 g/mol. The molecule has 39 heavy (non-hydrogen) atoms. The summed E-state index contributed by atoms with van der Waals surface area (Å²) in [4.78, 5) is 33.2. The number of carbonyl (C=O) groups excluding carboxylic acids is 2. The second-order valence-electron chi connectivity index (χ2n) is 9.10. The van der Waals surface area contributed by atoms with Gasteiger partial charge in [0.2, 0.25) is 0 Å². The molecule has 1 aromatic heterocycles. The summed E-state index contributed by atoms with van der Waals surface area (Å²) in [6, 6.07) is 13.0. The highest BCUT2D eigenvalue weighted by Crippen LogP contribution is 2.47. The average Bonchev–Trinajstić information content (AvgIpc) is 3.44. The fourth-order valence-electron chi connectivity index (χ4n) is 4.64. The summed E-state index contributed by atoms with van der Waals surface area (Å²) in [6.45, 7) is 6.10. The van der Waals surface area contributed by atoms with Crippen LogP contribution in [0.25, 0.3) is 16.0 Å². The topological polar surface area (TPSA) is 109 Å².